The number of halogens is 2. The molecule has 190 valence electrons. The average Bonchev–Trinajstić information content (AvgIpc) is 3.37. The molecule has 6 rings (SSSR count). The van der Waals surface area contributed by atoms with Gasteiger partial charge in [0.25, 0.3) is 0 Å². The molecule has 1 unspecified atom stereocenters. The molecule has 0 fully saturated rings. The molecule has 0 saturated heterocycles. The number of anilines is 2. The molecule has 3 aromatic heterocycles. The molecule has 4 N–H and O–H groups in total. The first kappa shape index (κ1) is 23.8. The lowest BCUT2D eigenvalue weighted by Crippen LogP contribution is -2.32. The molecule has 1 aliphatic rings. The summed E-state index contributed by atoms with van der Waals surface area (Å²) in [5.41, 5.74) is 9.23. The Hall–Kier alpha value is -4.57. The second-order valence-electron chi connectivity index (χ2n) is 9.39. The van der Waals surface area contributed by atoms with Gasteiger partial charge < -0.3 is 20.6 Å². The summed E-state index contributed by atoms with van der Waals surface area (Å²) in [5.74, 6) is -0.301. The van der Waals surface area contributed by atoms with Crippen LogP contribution in [0, 0.1) is 12.7 Å². The number of aromatic hydroxyl groups is 1. The largest absolute Gasteiger partial charge is 0.506 e. The van der Waals surface area contributed by atoms with Gasteiger partial charge >= 0.3 is 0 Å². The van der Waals surface area contributed by atoms with Crippen molar-refractivity contribution in [2.24, 2.45) is 0 Å². The monoisotopic (exact) mass is 529 g/mol. The third-order valence-electron chi connectivity index (χ3n) is 6.76. The number of benzene rings is 2. The Kier molecular flexibility index (Phi) is 5.32. The molecule has 0 saturated carbocycles. The van der Waals surface area contributed by atoms with Gasteiger partial charge in [-0.3, -0.25) is 4.79 Å². The molecule has 0 bridgehead atoms. The Bertz CT molecular complexity index is 1790. The molecular weight excluding hydrogens is 509 g/mol. The molecule has 1 aliphatic heterocycles. The molecular formula is C27H21ClFN7O2. The van der Waals surface area contributed by atoms with Crippen LogP contribution in [0.5, 0.6) is 5.75 Å². The van der Waals surface area contributed by atoms with Crippen LogP contribution in [0.2, 0.25) is 5.02 Å². The van der Waals surface area contributed by atoms with Crippen molar-refractivity contribution >= 4 is 34.8 Å². The fraction of sp³-hybridized carbons (Fsp3) is 0.148. The zero-order valence-corrected chi connectivity index (χ0v) is 21.1. The van der Waals surface area contributed by atoms with E-state index in [0.717, 1.165) is 11.3 Å². The number of aryl methyl sites for hydroxylation is 1. The number of imidazole rings is 1. The van der Waals surface area contributed by atoms with E-state index in [2.05, 4.69) is 20.3 Å². The van der Waals surface area contributed by atoms with Crippen LogP contribution in [0.25, 0.3) is 17.2 Å². The summed E-state index contributed by atoms with van der Waals surface area (Å²) >= 11 is 5.97. The van der Waals surface area contributed by atoms with Gasteiger partial charge in [0.15, 0.2) is 11.5 Å². The van der Waals surface area contributed by atoms with Crippen molar-refractivity contribution in [3.05, 3.63) is 93.8 Å². The van der Waals surface area contributed by atoms with Gasteiger partial charge in [0, 0.05) is 18.8 Å². The molecule has 11 heteroatoms. The second-order valence-corrected chi connectivity index (χ2v) is 9.80. The van der Waals surface area contributed by atoms with E-state index in [1.807, 2.05) is 23.6 Å². The second kappa shape index (κ2) is 8.49. The van der Waals surface area contributed by atoms with Crippen molar-refractivity contribution < 1.29 is 14.3 Å². The van der Waals surface area contributed by atoms with Gasteiger partial charge in [0.2, 0.25) is 5.91 Å². The predicted molar refractivity (Wildman–Crippen MR) is 141 cm³/mol. The fourth-order valence-electron chi connectivity index (χ4n) is 4.87. The van der Waals surface area contributed by atoms with E-state index < -0.39 is 5.41 Å². The SMILES string of the molecule is Cc1cn2cc(-c3nc(N)c4c(n3)NC(=O)C4(C)c3ccc(Cl)c(O)c3)nc(Cc3cccc(F)c3)c2n1. The molecule has 0 radical (unpaired) electrons. The number of carbonyl (C=O) groups excluding carboxylic acids is 1. The van der Waals surface area contributed by atoms with Crippen molar-refractivity contribution in [1.29, 1.82) is 0 Å². The molecule has 1 amide bonds. The first-order chi connectivity index (χ1) is 18.1. The van der Waals surface area contributed by atoms with Gasteiger partial charge in [-0.25, -0.2) is 24.3 Å². The molecule has 9 nitrogen and oxygen atoms in total. The van der Waals surface area contributed by atoms with Crippen LogP contribution in [0.1, 0.15) is 35.0 Å². The van der Waals surface area contributed by atoms with Crippen molar-refractivity contribution in [3.8, 4) is 17.3 Å². The minimum atomic E-state index is -1.25. The van der Waals surface area contributed by atoms with Crippen LogP contribution in [0.15, 0.2) is 54.9 Å². The third-order valence-corrected chi connectivity index (χ3v) is 7.08. The lowest BCUT2D eigenvalue weighted by Gasteiger charge is -2.23. The highest BCUT2D eigenvalue weighted by molar-refractivity contribution is 6.32. The summed E-state index contributed by atoms with van der Waals surface area (Å²) in [6.45, 7) is 3.55. The van der Waals surface area contributed by atoms with Gasteiger partial charge in [-0.2, -0.15) is 0 Å². The van der Waals surface area contributed by atoms with Crippen LogP contribution in [-0.4, -0.2) is 35.4 Å². The fourth-order valence-corrected chi connectivity index (χ4v) is 4.99. The summed E-state index contributed by atoms with van der Waals surface area (Å²) in [6.07, 6.45) is 3.91. The van der Waals surface area contributed by atoms with Crippen molar-refractivity contribution in [2.45, 2.75) is 25.7 Å². The molecule has 0 spiro atoms. The quantitative estimate of drug-likeness (QED) is 0.314. The van der Waals surface area contributed by atoms with Crippen molar-refractivity contribution in [2.75, 3.05) is 11.1 Å². The molecule has 38 heavy (non-hydrogen) atoms. The van der Waals surface area contributed by atoms with Gasteiger partial charge in [0.05, 0.1) is 22.0 Å². The Morgan fingerprint density at radius 2 is 1.95 bits per heavy atom. The summed E-state index contributed by atoms with van der Waals surface area (Å²) < 4.78 is 15.7. The maximum atomic E-state index is 13.8. The van der Waals surface area contributed by atoms with E-state index in [0.29, 0.717) is 34.6 Å². The lowest BCUT2D eigenvalue weighted by molar-refractivity contribution is -0.119. The number of hydrogen-bond donors (Lipinski definition) is 3. The number of carbonyl (C=O) groups is 1. The predicted octanol–water partition coefficient (Wildman–Crippen LogP) is 4.42. The van der Waals surface area contributed by atoms with E-state index in [9.17, 15) is 14.3 Å². The number of nitrogens with zero attached hydrogens (tertiary/aromatic N) is 5. The molecule has 2 aromatic carbocycles. The van der Waals surface area contributed by atoms with Crippen molar-refractivity contribution in [3.63, 3.8) is 0 Å². The number of nitrogen functional groups attached to an aromatic ring is 1. The number of rotatable bonds is 4. The number of phenols is 1. The zero-order chi connectivity index (χ0) is 26.8. The first-order valence-electron chi connectivity index (χ1n) is 11.7. The van der Waals surface area contributed by atoms with Gasteiger partial charge in [-0.05, 0) is 49.2 Å². The van der Waals surface area contributed by atoms with Crippen LogP contribution in [0.3, 0.4) is 0 Å². The molecule has 4 heterocycles. The highest BCUT2D eigenvalue weighted by atomic mass is 35.5. The van der Waals surface area contributed by atoms with Crippen LogP contribution in [-0.2, 0) is 16.6 Å². The number of phenolic OH excluding ortho intramolecular Hbond substituents is 1. The number of fused-ring (bicyclic) bond motifs is 2. The van der Waals surface area contributed by atoms with Crippen LogP contribution >= 0.6 is 11.6 Å². The number of nitrogens with two attached hydrogens (primary N) is 1. The maximum absolute atomic E-state index is 13.8. The van der Waals surface area contributed by atoms with Gasteiger partial charge in [0.1, 0.15) is 34.3 Å². The summed E-state index contributed by atoms with van der Waals surface area (Å²) in [4.78, 5) is 31.7. The minimum Gasteiger partial charge on any atom is -0.506 e. The van der Waals surface area contributed by atoms with E-state index in [4.69, 9.17) is 22.3 Å². The van der Waals surface area contributed by atoms with E-state index in [1.165, 1.54) is 24.3 Å². The summed E-state index contributed by atoms with van der Waals surface area (Å²) in [5, 5.41) is 13.1. The van der Waals surface area contributed by atoms with Gasteiger partial charge in [-0.15, -0.1) is 0 Å². The van der Waals surface area contributed by atoms with E-state index in [-0.39, 0.29) is 40.0 Å². The lowest BCUT2D eigenvalue weighted by atomic mass is 9.77. The topological polar surface area (TPSA) is 131 Å². The molecule has 1 atom stereocenters. The Morgan fingerprint density at radius 3 is 2.71 bits per heavy atom. The van der Waals surface area contributed by atoms with E-state index >= 15 is 0 Å². The Balaban J connectivity index is 1.48. The molecule has 5 aromatic rings. The standard InChI is InChI=1S/C27H21ClFN7O2/c1-13-11-36-12-19(32-18(25(36)31-13)9-14-4-3-5-16(29)8-14)23-33-22(30)21-24(34-23)35-26(38)27(21,2)15-6-7-17(28)20(37)10-15/h3-8,10-12,37H,9H2,1-2H3,(H3,30,33,34,35,38). The molecule has 0 aliphatic carbocycles. The third kappa shape index (κ3) is 3.72. The highest BCUT2D eigenvalue weighted by Gasteiger charge is 2.47. The van der Waals surface area contributed by atoms with Crippen molar-refractivity contribution in [1.82, 2.24) is 24.3 Å². The summed E-state index contributed by atoms with van der Waals surface area (Å²) in [7, 11) is 0. The number of hydrogen-bond acceptors (Lipinski definition) is 7. The number of nitrogens with one attached hydrogen (secondary N) is 1. The van der Waals surface area contributed by atoms with E-state index in [1.54, 1.807) is 25.3 Å². The first-order valence-corrected chi connectivity index (χ1v) is 12.1. The number of aromatic nitrogens is 5. The minimum absolute atomic E-state index is 0.0932. The Labute approximate surface area is 221 Å². The Morgan fingerprint density at radius 1 is 1.13 bits per heavy atom. The number of amides is 1. The van der Waals surface area contributed by atoms with Gasteiger partial charge in [-0.1, -0.05) is 29.8 Å². The smallest absolute Gasteiger partial charge is 0.240 e. The maximum Gasteiger partial charge on any atom is 0.240 e. The van der Waals surface area contributed by atoms with Crippen LogP contribution < -0.4 is 11.1 Å². The summed E-state index contributed by atoms with van der Waals surface area (Å²) in [6, 6.07) is 10.9. The van der Waals surface area contributed by atoms with Crippen LogP contribution in [0.4, 0.5) is 16.0 Å². The highest BCUT2D eigenvalue weighted by Crippen LogP contribution is 2.46. The zero-order valence-electron chi connectivity index (χ0n) is 20.3. The normalized spacial score (nSPS) is 16.6. The average molecular weight is 530 g/mol.